The van der Waals surface area contributed by atoms with Crippen molar-refractivity contribution in [3.05, 3.63) is 15.9 Å². The lowest BCUT2D eigenvalue weighted by atomic mass is 10.2. The van der Waals surface area contributed by atoms with Gasteiger partial charge in [0.2, 0.25) is 0 Å². The van der Waals surface area contributed by atoms with Gasteiger partial charge in [0.1, 0.15) is 0 Å². The summed E-state index contributed by atoms with van der Waals surface area (Å²) < 4.78 is 37.5. The molecule has 0 saturated carbocycles. The van der Waals surface area contributed by atoms with E-state index in [2.05, 4.69) is 4.99 Å². The van der Waals surface area contributed by atoms with Crippen molar-refractivity contribution in [3.63, 3.8) is 0 Å². The van der Waals surface area contributed by atoms with E-state index in [1.54, 1.807) is 12.4 Å². The van der Waals surface area contributed by atoms with Gasteiger partial charge in [0.05, 0.1) is 0 Å². The summed E-state index contributed by atoms with van der Waals surface area (Å²) in [4.78, 5) is 13.8. The van der Waals surface area contributed by atoms with Gasteiger partial charge < -0.3 is 4.57 Å². The fourth-order valence-corrected chi connectivity index (χ4v) is 2.21. The number of aromatic nitrogens is 1. The van der Waals surface area contributed by atoms with E-state index in [9.17, 15) is 18.0 Å². The fourth-order valence-electron chi connectivity index (χ4n) is 1.16. The van der Waals surface area contributed by atoms with Crippen molar-refractivity contribution >= 4 is 17.2 Å². The minimum absolute atomic E-state index is 0.0611. The van der Waals surface area contributed by atoms with E-state index in [1.807, 2.05) is 13.8 Å². The summed E-state index contributed by atoms with van der Waals surface area (Å²) in [5.74, 6) is -1.90. The predicted octanol–water partition coefficient (Wildman–Crippen LogP) is 2.20. The van der Waals surface area contributed by atoms with Crippen molar-refractivity contribution in [2.45, 2.75) is 25.9 Å². The largest absolute Gasteiger partial charge is 0.473 e. The molecule has 0 aliphatic rings. The van der Waals surface area contributed by atoms with E-state index in [4.69, 9.17) is 0 Å². The molecule has 90 valence electrons. The molecule has 0 saturated heterocycles. The molecule has 1 rings (SSSR count). The molecule has 0 spiro atoms. The Labute approximate surface area is 94.2 Å². The summed E-state index contributed by atoms with van der Waals surface area (Å²) in [6.45, 7) is 3.83. The van der Waals surface area contributed by atoms with Crippen molar-refractivity contribution in [1.82, 2.24) is 4.57 Å². The SMILES string of the molecule is CC(C)c1csc(=NC(=O)C(F)(F)F)n1C. The maximum Gasteiger partial charge on any atom is 0.473 e. The van der Waals surface area contributed by atoms with Crippen LogP contribution in [0.2, 0.25) is 0 Å². The van der Waals surface area contributed by atoms with Crippen molar-refractivity contribution in [2.75, 3.05) is 0 Å². The lowest BCUT2D eigenvalue weighted by Crippen LogP contribution is -2.25. The quantitative estimate of drug-likeness (QED) is 0.754. The number of carbonyl (C=O) groups is 1. The highest BCUT2D eigenvalue weighted by Gasteiger charge is 2.38. The lowest BCUT2D eigenvalue weighted by molar-refractivity contribution is -0.169. The summed E-state index contributed by atoms with van der Waals surface area (Å²) in [5.41, 5.74) is 0.846. The van der Waals surface area contributed by atoms with Crippen LogP contribution in [0.5, 0.6) is 0 Å². The van der Waals surface area contributed by atoms with Gasteiger partial charge in [-0.3, -0.25) is 4.79 Å². The van der Waals surface area contributed by atoms with Crippen LogP contribution in [0.1, 0.15) is 25.5 Å². The van der Waals surface area contributed by atoms with Gasteiger partial charge in [-0.05, 0) is 5.92 Å². The van der Waals surface area contributed by atoms with E-state index in [1.165, 1.54) is 4.57 Å². The summed E-state index contributed by atoms with van der Waals surface area (Å²) in [6, 6.07) is 0. The number of rotatable bonds is 1. The molecule has 0 N–H and O–H groups in total. The summed E-state index contributed by atoms with van der Waals surface area (Å²) in [6.07, 6.45) is -4.91. The topological polar surface area (TPSA) is 34.4 Å². The van der Waals surface area contributed by atoms with Gasteiger partial charge in [-0.2, -0.15) is 18.2 Å². The zero-order chi connectivity index (χ0) is 12.5. The van der Waals surface area contributed by atoms with Crippen LogP contribution in [0.3, 0.4) is 0 Å². The maximum absolute atomic E-state index is 12.0. The Hall–Kier alpha value is -1.11. The Balaban J connectivity index is 3.16. The van der Waals surface area contributed by atoms with Crippen molar-refractivity contribution in [3.8, 4) is 0 Å². The van der Waals surface area contributed by atoms with Gasteiger partial charge in [0.25, 0.3) is 0 Å². The van der Waals surface area contributed by atoms with Gasteiger partial charge in [-0.1, -0.05) is 13.8 Å². The van der Waals surface area contributed by atoms with Crippen molar-refractivity contribution < 1.29 is 18.0 Å². The van der Waals surface area contributed by atoms with E-state index in [0.29, 0.717) is 0 Å². The molecule has 0 aromatic carbocycles. The smallest absolute Gasteiger partial charge is 0.324 e. The average molecular weight is 252 g/mol. The Morgan fingerprint density at radius 2 is 2.06 bits per heavy atom. The second kappa shape index (κ2) is 4.40. The van der Waals surface area contributed by atoms with Crippen LogP contribution in [0.25, 0.3) is 0 Å². The molecule has 1 heterocycles. The molecule has 0 aliphatic carbocycles. The van der Waals surface area contributed by atoms with E-state index in [0.717, 1.165) is 17.0 Å². The molecule has 0 unspecified atom stereocenters. The monoisotopic (exact) mass is 252 g/mol. The predicted molar refractivity (Wildman–Crippen MR) is 54.0 cm³/mol. The number of alkyl halides is 3. The lowest BCUT2D eigenvalue weighted by Gasteiger charge is -2.05. The standard InChI is InChI=1S/C9H11F3N2OS/c1-5(2)6-4-16-8(14(6)3)13-7(15)9(10,11)12/h4-5H,1-3H3. The van der Waals surface area contributed by atoms with Crippen LogP contribution in [-0.2, 0) is 11.8 Å². The van der Waals surface area contributed by atoms with Crippen LogP contribution in [0.15, 0.2) is 10.4 Å². The first-order valence-corrected chi connectivity index (χ1v) is 5.41. The fraction of sp³-hybridized carbons (Fsp3) is 0.556. The number of halogens is 3. The number of hydrogen-bond donors (Lipinski definition) is 0. The second-order valence-corrected chi connectivity index (χ2v) is 4.41. The van der Waals surface area contributed by atoms with Crippen LogP contribution < -0.4 is 4.80 Å². The Kier molecular flexibility index (Phi) is 3.57. The second-order valence-electron chi connectivity index (χ2n) is 3.57. The number of hydrogen-bond acceptors (Lipinski definition) is 2. The third-order valence-electron chi connectivity index (χ3n) is 1.99. The highest BCUT2D eigenvalue weighted by atomic mass is 32.1. The Bertz CT molecular complexity index is 456. The van der Waals surface area contributed by atoms with Gasteiger partial charge >= 0.3 is 12.1 Å². The van der Waals surface area contributed by atoms with Crippen molar-refractivity contribution in [1.29, 1.82) is 0 Å². The Morgan fingerprint density at radius 3 is 2.44 bits per heavy atom. The van der Waals surface area contributed by atoms with Crippen molar-refractivity contribution in [2.24, 2.45) is 12.0 Å². The van der Waals surface area contributed by atoms with E-state index < -0.39 is 12.1 Å². The molecule has 0 atom stereocenters. The van der Waals surface area contributed by atoms with E-state index in [-0.39, 0.29) is 10.7 Å². The first-order chi connectivity index (χ1) is 7.23. The first kappa shape index (κ1) is 13.0. The molecule has 0 fully saturated rings. The first-order valence-electron chi connectivity index (χ1n) is 4.53. The van der Waals surface area contributed by atoms with Gasteiger partial charge in [-0.25, -0.2) is 0 Å². The number of nitrogens with zero attached hydrogens (tertiary/aromatic N) is 2. The van der Waals surface area contributed by atoms with Gasteiger partial charge in [0.15, 0.2) is 4.80 Å². The molecule has 0 aliphatic heterocycles. The number of carbonyl (C=O) groups excluding carboxylic acids is 1. The van der Waals surface area contributed by atoms with Crippen LogP contribution in [-0.4, -0.2) is 16.7 Å². The molecular weight excluding hydrogens is 241 g/mol. The zero-order valence-electron chi connectivity index (χ0n) is 9.00. The highest BCUT2D eigenvalue weighted by molar-refractivity contribution is 7.07. The molecule has 3 nitrogen and oxygen atoms in total. The molecular formula is C9H11F3N2OS. The Morgan fingerprint density at radius 1 is 1.50 bits per heavy atom. The van der Waals surface area contributed by atoms with Crippen LogP contribution >= 0.6 is 11.3 Å². The summed E-state index contributed by atoms with van der Waals surface area (Å²) in [7, 11) is 1.59. The zero-order valence-corrected chi connectivity index (χ0v) is 9.82. The summed E-state index contributed by atoms with van der Waals surface area (Å²) >= 11 is 1.02. The van der Waals surface area contributed by atoms with Gasteiger partial charge in [-0.15, -0.1) is 11.3 Å². The van der Waals surface area contributed by atoms with E-state index >= 15 is 0 Å². The van der Waals surface area contributed by atoms with Crippen LogP contribution in [0, 0.1) is 0 Å². The third-order valence-corrected chi connectivity index (χ3v) is 2.93. The maximum atomic E-state index is 12.0. The molecule has 1 aromatic rings. The highest BCUT2D eigenvalue weighted by Crippen LogP contribution is 2.17. The molecule has 1 amide bonds. The summed E-state index contributed by atoms with van der Waals surface area (Å²) in [5, 5.41) is 1.70. The molecule has 7 heteroatoms. The molecule has 1 aromatic heterocycles. The average Bonchev–Trinajstić information content (AvgIpc) is 2.46. The van der Waals surface area contributed by atoms with Crippen LogP contribution in [0.4, 0.5) is 13.2 Å². The molecule has 0 bridgehead atoms. The van der Waals surface area contributed by atoms with Gasteiger partial charge in [0, 0.05) is 18.1 Å². The third kappa shape index (κ3) is 2.72. The number of amides is 1. The molecule has 0 radical (unpaired) electrons. The normalized spacial score (nSPS) is 13.6. The minimum Gasteiger partial charge on any atom is -0.324 e. The number of thiazole rings is 1. The molecule has 16 heavy (non-hydrogen) atoms. The minimum atomic E-state index is -4.91.